The molecule has 5 heteroatoms. The van der Waals surface area contributed by atoms with Crippen LogP contribution in [0.5, 0.6) is 0 Å². The monoisotopic (exact) mass is 288 g/mol. The predicted molar refractivity (Wildman–Crippen MR) is 62.6 cm³/mol. The molecule has 1 unspecified atom stereocenters. The Hall–Kier alpha value is -0.600. The van der Waals surface area contributed by atoms with E-state index in [0.717, 1.165) is 10.0 Å². The summed E-state index contributed by atoms with van der Waals surface area (Å²) < 4.78 is 0.870. The molecule has 0 aliphatic carbocycles. The quantitative estimate of drug-likeness (QED) is 0.894. The van der Waals surface area contributed by atoms with Gasteiger partial charge >= 0.3 is 0 Å². The lowest BCUT2D eigenvalue weighted by molar-refractivity contribution is 0.289. The Labute approximate surface area is 102 Å². The molecule has 0 saturated heterocycles. The highest BCUT2D eigenvalue weighted by atomic mass is 79.9. The summed E-state index contributed by atoms with van der Waals surface area (Å²) in [6.07, 6.45) is 0. The van der Waals surface area contributed by atoms with Crippen LogP contribution in [0.4, 0.5) is 0 Å². The first-order chi connectivity index (χ1) is 7.19. The normalized spacial score (nSPS) is 12.1. The van der Waals surface area contributed by atoms with Crippen molar-refractivity contribution in [3.8, 4) is 6.07 Å². The minimum atomic E-state index is -0.488. The van der Waals surface area contributed by atoms with Gasteiger partial charge < -0.3 is 5.11 Å². The Kier molecular flexibility index (Phi) is 5.06. The maximum Gasteiger partial charge on any atom is 0.122 e. The van der Waals surface area contributed by atoms with E-state index < -0.39 is 6.04 Å². The summed E-state index contributed by atoms with van der Waals surface area (Å²) >= 11 is 9.29. The summed E-state index contributed by atoms with van der Waals surface area (Å²) in [5.41, 5.74) is 0.718. The molecule has 0 spiro atoms. The van der Waals surface area contributed by atoms with Gasteiger partial charge in [-0.1, -0.05) is 33.6 Å². The fourth-order valence-corrected chi connectivity index (χ4v) is 1.95. The smallest absolute Gasteiger partial charge is 0.122 e. The van der Waals surface area contributed by atoms with Gasteiger partial charge in [0, 0.05) is 21.6 Å². The predicted octanol–water partition coefficient (Wildman–Crippen LogP) is 2.25. The molecule has 80 valence electrons. The van der Waals surface area contributed by atoms with Gasteiger partial charge in [-0.2, -0.15) is 5.26 Å². The molecule has 0 aliphatic heterocycles. The van der Waals surface area contributed by atoms with Crippen LogP contribution in [0.3, 0.4) is 0 Å². The molecule has 0 fully saturated rings. The molecule has 0 heterocycles. The molecule has 0 radical (unpaired) electrons. The maximum atomic E-state index is 8.94. The molecule has 0 saturated carbocycles. The van der Waals surface area contributed by atoms with Crippen LogP contribution in [0.2, 0.25) is 5.02 Å². The minimum absolute atomic E-state index is 0.00761. The van der Waals surface area contributed by atoms with Crippen LogP contribution in [0, 0.1) is 11.3 Å². The molecule has 0 aliphatic rings. The van der Waals surface area contributed by atoms with Crippen molar-refractivity contribution in [1.82, 2.24) is 5.32 Å². The van der Waals surface area contributed by atoms with Crippen LogP contribution in [-0.2, 0) is 0 Å². The largest absolute Gasteiger partial charge is 0.395 e. The van der Waals surface area contributed by atoms with Gasteiger partial charge in [-0.05, 0) is 12.1 Å². The van der Waals surface area contributed by atoms with Crippen LogP contribution in [0.15, 0.2) is 22.7 Å². The van der Waals surface area contributed by atoms with Gasteiger partial charge in [-0.3, -0.25) is 5.32 Å². The molecule has 3 nitrogen and oxygen atoms in total. The molecule has 1 aromatic rings. The van der Waals surface area contributed by atoms with Gasteiger partial charge in [-0.25, -0.2) is 0 Å². The third-order valence-corrected chi connectivity index (χ3v) is 2.68. The Morgan fingerprint density at radius 2 is 2.33 bits per heavy atom. The molecular weight excluding hydrogens is 279 g/mol. The fourth-order valence-electron chi connectivity index (χ4n) is 1.17. The maximum absolute atomic E-state index is 8.94. The molecule has 2 N–H and O–H groups in total. The third-order valence-electron chi connectivity index (χ3n) is 1.86. The Morgan fingerprint density at radius 3 is 2.87 bits per heavy atom. The highest BCUT2D eigenvalue weighted by Gasteiger charge is 2.12. The van der Waals surface area contributed by atoms with Crippen molar-refractivity contribution in [3.63, 3.8) is 0 Å². The summed E-state index contributed by atoms with van der Waals surface area (Å²) in [5.74, 6) is 0. The van der Waals surface area contributed by atoms with Crippen molar-refractivity contribution in [1.29, 1.82) is 5.26 Å². The molecule has 0 bridgehead atoms. The van der Waals surface area contributed by atoms with Crippen LogP contribution >= 0.6 is 27.5 Å². The summed E-state index contributed by atoms with van der Waals surface area (Å²) in [6, 6.07) is 6.95. The Morgan fingerprint density at radius 1 is 1.60 bits per heavy atom. The van der Waals surface area contributed by atoms with E-state index in [9.17, 15) is 0 Å². The van der Waals surface area contributed by atoms with Gasteiger partial charge in [0.1, 0.15) is 6.04 Å². The Bertz CT molecular complexity index is 378. The lowest BCUT2D eigenvalue weighted by Crippen LogP contribution is -2.23. The number of halogens is 2. The number of nitrogens with zero attached hydrogens (tertiary/aromatic N) is 1. The standard InChI is InChI=1S/C10H10BrClN2O/c11-7-1-2-8(9(12)5-7)10(6-13)14-3-4-15/h1-2,5,10,14-15H,3-4H2. The summed E-state index contributed by atoms with van der Waals surface area (Å²) in [6.45, 7) is 0.358. The van der Waals surface area contributed by atoms with E-state index in [-0.39, 0.29) is 6.61 Å². The molecule has 1 aromatic carbocycles. The van der Waals surface area contributed by atoms with Crippen LogP contribution < -0.4 is 5.32 Å². The van der Waals surface area contributed by atoms with Crippen molar-refractivity contribution in [2.24, 2.45) is 0 Å². The zero-order chi connectivity index (χ0) is 11.3. The van der Waals surface area contributed by atoms with Gasteiger partial charge in [0.05, 0.1) is 12.7 Å². The zero-order valence-electron chi connectivity index (χ0n) is 7.87. The van der Waals surface area contributed by atoms with Crippen LogP contribution in [0.25, 0.3) is 0 Å². The van der Waals surface area contributed by atoms with Gasteiger partial charge in [0.25, 0.3) is 0 Å². The zero-order valence-corrected chi connectivity index (χ0v) is 10.2. The molecule has 1 rings (SSSR count). The molecule has 1 atom stereocenters. The highest BCUT2D eigenvalue weighted by Crippen LogP contribution is 2.26. The van der Waals surface area contributed by atoms with Gasteiger partial charge in [-0.15, -0.1) is 0 Å². The average Bonchev–Trinajstić information content (AvgIpc) is 2.21. The number of nitrogens with one attached hydrogen (secondary N) is 1. The molecular formula is C10H10BrClN2O. The lowest BCUT2D eigenvalue weighted by Gasteiger charge is -2.12. The van der Waals surface area contributed by atoms with Gasteiger partial charge in [0.15, 0.2) is 0 Å². The fraction of sp³-hybridized carbons (Fsp3) is 0.300. The van der Waals surface area contributed by atoms with Crippen molar-refractivity contribution in [3.05, 3.63) is 33.3 Å². The van der Waals surface area contributed by atoms with Crippen LogP contribution in [-0.4, -0.2) is 18.3 Å². The van der Waals surface area contributed by atoms with E-state index in [1.807, 2.05) is 6.07 Å². The number of rotatable bonds is 4. The van der Waals surface area contributed by atoms with E-state index in [2.05, 4.69) is 27.3 Å². The highest BCUT2D eigenvalue weighted by molar-refractivity contribution is 9.10. The second kappa shape index (κ2) is 6.09. The second-order valence-corrected chi connectivity index (χ2v) is 4.23. The first-order valence-corrected chi connectivity index (χ1v) is 5.55. The van der Waals surface area contributed by atoms with E-state index in [4.69, 9.17) is 22.0 Å². The number of aliphatic hydroxyl groups excluding tert-OH is 1. The van der Waals surface area contributed by atoms with Crippen LogP contribution in [0.1, 0.15) is 11.6 Å². The van der Waals surface area contributed by atoms with E-state index in [0.29, 0.717) is 11.6 Å². The summed E-state index contributed by atoms with van der Waals surface area (Å²) in [4.78, 5) is 0. The molecule has 15 heavy (non-hydrogen) atoms. The number of hydrogen-bond donors (Lipinski definition) is 2. The van der Waals surface area contributed by atoms with E-state index >= 15 is 0 Å². The SMILES string of the molecule is N#CC(NCCO)c1ccc(Br)cc1Cl. The van der Waals surface area contributed by atoms with E-state index in [1.54, 1.807) is 12.1 Å². The number of benzene rings is 1. The van der Waals surface area contributed by atoms with Gasteiger partial charge in [0.2, 0.25) is 0 Å². The number of nitriles is 1. The third kappa shape index (κ3) is 3.47. The number of aliphatic hydroxyl groups is 1. The summed E-state index contributed by atoms with van der Waals surface area (Å²) in [5, 5.41) is 21.0. The first kappa shape index (κ1) is 12.5. The Balaban J connectivity index is 2.88. The second-order valence-electron chi connectivity index (χ2n) is 2.91. The summed E-state index contributed by atoms with van der Waals surface area (Å²) in [7, 11) is 0. The average molecular weight is 290 g/mol. The lowest BCUT2D eigenvalue weighted by atomic mass is 10.1. The minimum Gasteiger partial charge on any atom is -0.395 e. The van der Waals surface area contributed by atoms with Crippen molar-refractivity contribution in [2.45, 2.75) is 6.04 Å². The molecule has 0 aromatic heterocycles. The van der Waals surface area contributed by atoms with E-state index in [1.165, 1.54) is 0 Å². The number of hydrogen-bond acceptors (Lipinski definition) is 3. The van der Waals surface area contributed by atoms with Crippen molar-refractivity contribution in [2.75, 3.05) is 13.2 Å². The molecule has 0 amide bonds. The van der Waals surface area contributed by atoms with Crippen molar-refractivity contribution < 1.29 is 5.11 Å². The first-order valence-electron chi connectivity index (χ1n) is 4.38. The topological polar surface area (TPSA) is 56.0 Å². The van der Waals surface area contributed by atoms with Crippen molar-refractivity contribution >= 4 is 27.5 Å².